The minimum absolute atomic E-state index is 0. The van der Waals surface area contributed by atoms with Crippen LogP contribution >= 0.6 is 0 Å². The number of unbranched alkanes of at least 4 members (excludes halogenated alkanes) is 3. The van der Waals surface area contributed by atoms with Gasteiger partial charge in [0, 0.05) is 45.4 Å². The van der Waals surface area contributed by atoms with Crippen LogP contribution < -0.4 is 122 Å². The molecule has 0 radical (unpaired) electrons. The summed E-state index contributed by atoms with van der Waals surface area (Å²) in [5.41, 5.74) is 1.06. The van der Waals surface area contributed by atoms with Crippen LogP contribution in [0.1, 0.15) is 57.4 Å². The molecule has 39 heavy (non-hydrogen) atoms. The number of Topliss-reactive ketones (excluding diaryl/α,β-unsaturated/α-hetero) is 2. The first-order valence-electron chi connectivity index (χ1n) is 12.3. The molecule has 11 nitrogen and oxygen atoms in total. The van der Waals surface area contributed by atoms with E-state index in [-0.39, 0.29) is 161 Å². The van der Waals surface area contributed by atoms with Crippen molar-refractivity contribution in [3.8, 4) is 0 Å². The van der Waals surface area contributed by atoms with Gasteiger partial charge in [-0.25, -0.2) is 4.79 Å². The quantitative estimate of drug-likeness (QED) is 0.0895. The number of benzene rings is 1. The smallest absolute Gasteiger partial charge is 0.651 e. The first kappa shape index (κ1) is 41.1. The topological polar surface area (TPSA) is 161 Å². The van der Waals surface area contributed by atoms with Gasteiger partial charge in [0.05, 0.1) is 24.8 Å². The van der Waals surface area contributed by atoms with E-state index in [1.165, 1.54) is 6.92 Å². The molecule has 204 valence electrons. The number of nitrogens with zero attached hydrogens (tertiary/aromatic N) is 2. The fourth-order valence-electron chi connectivity index (χ4n) is 3.06. The maximum Gasteiger partial charge on any atom is 1.00 e. The van der Waals surface area contributed by atoms with Crippen LogP contribution in [-0.4, -0.2) is 68.7 Å². The number of carbonyl (C=O) groups is 6. The predicted molar refractivity (Wildman–Crippen MR) is 136 cm³/mol. The summed E-state index contributed by atoms with van der Waals surface area (Å²) in [6.07, 6.45) is 3.42. The molecule has 0 bridgehead atoms. The van der Waals surface area contributed by atoms with E-state index in [2.05, 4.69) is 16.0 Å². The zero-order chi connectivity index (χ0) is 27.3. The molecule has 0 saturated heterocycles. The molecular formula is C26H35N3O8Rb2. The number of hydrogen-bond donors (Lipinski definition) is 1. The summed E-state index contributed by atoms with van der Waals surface area (Å²) in [6, 6.07) is 6.42. The number of hydrogen-bond acceptors (Lipinski definition) is 8. The normalized spacial score (nSPS) is 9.77. The molecule has 0 heterocycles. The molecule has 0 unspecified atom stereocenters. The van der Waals surface area contributed by atoms with Gasteiger partial charge in [-0.2, -0.15) is 0 Å². The van der Waals surface area contributed by atoms with Crippen LogP contribution in [0.2, 0.25) is 0 Å². The molecule has 1 N–H and O–H groups in total. The van der Waals surface area contributed by atoms with Gasteiger partial charge in [0.2, 0.25) is 0 Å². The van der Waals surface area contributed by atoms with Crippen molar-refractivity contribution in [1.29, 1.82) is 0 Å². The standard InChI is InChI=1S/C26H37N3O8.2Rb/c1-20(31)17-23(32)18-21-7-9-22(10-8-21)29-25(34)19-24(33)27-12-16-36-14-6-15-37-26(35)28-11-4-2-3-5-13-30;;/h7-10,13H,2-6,11-12,14-19H2,1H3,(H3,27,28,29,33,34,35);;/q;2*+1/p-2. The molecule has 0 atom stereocenters. The molecule has 0 spiro atoms. The number of alkyl carbamates (subject to hydrolysis) is 1. The maximum absolute atomic E-state index is 12.0. The summed E-state index contributed by atoms with van der Waals surface area (Å²) in [7, 11) is 0. The molecule has 1 rings (SSSR count). The Kier molecular flexibility index (Phi) is 28.4. The molecule has 0 aliphatic heterocycles. The van der Waals surface area contributed by atoms with Crippen LogP contribution in [0, 0.1) is 0 Å². The zero-order valence-electron chi connectivity index (χ0n) is 23.2. The molecule has 1 aromatic rings. The van der Waals surface area contributed by atoms with Gasteiger partial charge < -0.3 is 39.8 Å². The van der Waals surface area contributed by atoms with Crippen LogP contribution in [0.25, 0.3) is 10.6 Å². The summed E-state index contributed by atoms with van der Waals surface area (Å²) in [5, 5.41) is 10.2. The molecule has 0 aliphatic rings. The summed E-state index contributed by atoms with van der Waals surface area (Å²) in [5.74, 6) is -1.61. The average Bonchev–Trinajstić information content (AvgIpc) is 2.83. The van der Waals surface area contributed by atoms with E-state index in [4.69, 9.17) is 9.47 Å². The SMILES string of the molecule is CC(=O)CC(=O)Cc1ccc([N-]C(=O)CC(=O)[N-]CCOCCCOC(=O)NCCCCCC=O)cc1.[Rb+].[Rb+]. The molecule has 0 fully saturated rings. The number of nitrogens with one attached hydrogen (secondary N) is 1. The Morgan fingerprint density at radius 1 is 0.872 bits per heavy atom. The largest absolute Gasteiger partial charge is 1.00 e. The van der Waals surface area contributed by atoms with Gasteiger partial charge in [-0.3, -0.25) is 9.59 Å². The predicted octanol–water partition coefficient (Wildman–Crippen LogP) is -2.50. The third-order valence-electron chi connectivity index (χ3n) is 4.80. The number of ether oxygens (including phenoxy) is 2. The van der Waals surface area contributed by atoms with E-state index in [1.807, 2.05) is 0 Å². The van der Waals surface area contributed by atoms with Crippen molar-refractivity contribution in [1.82, 2.24) is 5.32 Å². The van der Waals surface area contributed by atoms with E-state index in [0.29, 0.717) is 37.2 Å². The second-order valence-electron chi connectivity index (χ2n) is 8.26. The van der Waals surface area contributed by atoms with E-state index in [0.717, 1.165) is 25.5 Å². The summed E-state index contributed by atoms with van der Waals surface area (Å²) < 4.78 is 10.3. The van der Waals surface area contributed by atoms with Gasteiger partial charge in [0.1, 0.15) is 17.9 Å². The Hall–Kier alpha value is 0.0104. The molecule has 0 saturated carbocycles. The molecule has 0 aromatic heterocycles. The van der Waals surface area contributed by atoms with E-state index >= 15 is 0 Å². The van der Waals surface area contributed by atoms with Crippen molar-refractivity contribution in [3.63, 3.8) is 0 Å². The van der Waals surface area contributed by atoms with Crippen molar-refractivity contribution < 1.29 is 155 Å². The number of amides is 3. The van der Waals surface area contributed by atoms with Crippen molar-refractivity contribution in [2.75, 3.05) is 32.9 Å². The average molecular weight is 689 g/mol. The van der Waals surface area contributed by atoms with Gasteiger partial charge in [-0.1, -0.05) is 30.7 Å². The number of aldehydes is 1. The van der Waals surface area contributed by atoms with Gasteiger partial charge in [0.15, 0.2) is 0 Å². The second-order valence-corrected chi connectivity index (χ2v) is 8.26. The number of carbonyl (C=O) groups excluding carboxylic acids is 6. The Morgan fingerprint density at radius 3 is 2.26 bits per heavy atom. The Balaban J connectivity index is 0. The summed E-state index contributed by atoms with van der Waals surface area (Å²) in [4.78, 5) is 68.1. The first-order chi connectivity index (χ1) is 17.8. The van der Waals surface area contributed by atoms with Crippen molar-refractivity contribution in [3.05, 3.63) is 40.5 Å². The van der Waals surface area contributed by atoms with Crippen LogP contribution in [0.15, 0.2) is 24.3 Å². The summed E-state index contributed by atoms with van der Waals surface area (Å²) >= 11 is 0. The van der Waals surface area contributed by atoms with E-state index in [9.17, 15) is 28.8 Å². The molecule has 3 amide bonds. The third kappa shape index (κ3) is 24.3. The van der Waals surface area contributed by atoms with Crippen LogP contribution in [-0.2, 0) is 39.9 Å². The van der Waals surface area contributed by atoms with Crippen molar-refractivity contribution in [2.45, 2.75) is 58.3 Å². The van der Waals surface area contributed by atoms with Gasteiger partial charge >= 0.3 is 122 Å². The van der Waals surface area contributed by atoms with E-state index in [1.54, 1.807) is 24.3 Å². The van der Waals surface area contributed by atoms with Crippen LogP contribution in [0.5, 0.6) is 0 Å². The Labute approximate surface area is 327 Å². The van der Waals surface area contributed by atoms with Crippen molar-refractivity contribution in [2.24, 2.45) is 0 Å². The minimum Gasteiger partial charge on any atom is -0.651 e. The van der Waals surface area contributed by atoms with Gasteiger partial charge in [-0.05, 0) is 25.3 Å². The fourth-order valence-corrected chi connectivity index (χ4v) is 3.06. The number of ketones is 2. The van der Waals surface area contributed by atoms with Gasteiger partial charge in [-0.15, -0.1) is 12.2 Å². The monoisotopic (exact) mass is 687 g/mol. The van der Waals surface area contributed by atoms with Crippen molar-refractivity contribution >= 4 is 41.4 Å². The second kappa shape index (κ2) is 26.9. The van der Waals surface area contributed by atoms with Crippen LogP contribution in [0.3, 0.4) is 0 Å². The third-order valence-corrected chi connectivity index (χ3v) is 4.80. The Bertz CT molecular complexity index is 898. The Morgan fingerprint density at radius 2 is 1.59 bits per heavy atom. The zero-order valence-corrected chi connectivity index (χ0v) is 33.1. The molecule has 0 aliphatic carbocycles. The van der Waals surface area contributed by atoms with Gasteiger partial charge in [0.25, 0.3) is 0 Å². The van der Waals surface area contributed by atoms with E-state index < -0.39 is 24.3 Å². The molecule has 13 heteroatoms. The minimum atomic E-state index is -0.633. The summed E-state index contributed by atoms with van der Waals surface area (Å²) in [6.45, 7) is 2.66. The molecular weight excluding hydrogens is 653 g/mol. The molecule has 1 aromatic carbocycles. The maximum atomic E-state index is 12.0. The number of rotatable bonds is 20. The van der Waals surface area contributed by atoms with Crippen LogP contribution in [0.4, 0.5) is 10.5 Å². The fraction of sp³-hybridized carbons (Fsp3) is 0.538. The first-order valence-corrected chi connectivity index (χ1v) is 12.3.